The quantitative estimate of drug-likeness (QED) is 0.569. The van der Waals surface area contributed by atoms with Crippen LogP contribution in [-0.2, 0) is 28.7 Å². The highest BCUT2D eigenvalue weighted by molar-refractivity contribution is 6.03. The first kappa shape index (κ1) is 17.4. The van der Waals surface area contributed by atoms with Crippen LogP contribution < -0.4 is 0 Å². The predicted octanol–water partition coefficient (Wildman–Crippen LogP) is 1.27. The summed E-state index contributed by atoms with van der Waals surface area (Å²) in [5, 5.41) is 8.47. The molecule has 22 heavy (non-hydrogen) atoms. The van der Waals surface area contributed by atoms with Crippen molar-refractivity contribution in [1.29, 1.82) is 0 Å². The highest BCUT2D eigenvalue weighted by Gasteiger charge is 2.27. The molecule has 0 radical (unpaired) electrons. The van der Waals surface area contributed by atoms with E-state index in [1.165, 1.54) is 0 Å². The molecule has 1 atom stereocenters. The molecule has 1 unspecified atom stereocenters. The van der Waals surface area contributed by atoms with Crippen molar-refractivity contribution in [1.82, 2.24) is 0 Å². The van der Waals surface area contributed by atoms with E-state index in [2.05, 4.69) is 0 Å². The summed E-state index contributed by atoms with van der Waals surface area (Å²) in [5.41, 5.74) is 0.403. The smallest absolute Gasteiger partial charge is 0.352 e. The Hall–Kier alpha value is -2.70. The van der Waals surface area contributed by atoms with E-state index in [0.717, 1.165) is 0 Å². The lowest BCUT2D eigenvalue weighted by Crippen LogP contribution is -2.23. The second kappa shape index (κ2) is 8.56. The van der Waals surface area contributed by atoms with Crippen molar-refractivity contribution < 1.29 is 33.8 Å². The third kappa shape index (κ3) is 5.74. The van der Waals surface area contributed by atoms with Gasteiger partial charge in [-0.15, -0.1) is 0 Å². The van der Waals surface area contributed by atoms with Gasteiger partial charge in [0.05, 0.1) is 6.61 Å². The maximum atomic E-state index is 11.9. The second-order valence-electron chi connectivity index (χ2n) is 4.32. The van der Waals surface area contributed by atoms with Gasteiger partial charge < -0.3 is 14.6 Å². The van der Waals surface area contributed by atoms with Gasteiger partial charge in [-0.05, 0) is 6.92 Å². The number of rotatable bonds is 8. The van der Waals surface area contributed by atoms with Gasteiger partial charge in [0, 0.05) is 5.56 Å². The molecule has 0 aromatic heterocycles. The number of carbonyl (C=O) groups is 4. The minimum atomic E-state index is -1.33. The van der Waals surface area contributed by atoms with Crippen molar-refractivity contribution in [3.8, 4) is 0 Å². The number of ketones is 1. The van der Waals surface area contributed by atoms with Crippen molar-refractivity contribution in [2.75, 3.05) is 6.61 Å². The van der Waals surface area contributed by atoms with Crippen LogP contribution in [0, 0.1) is 0 Å². The number of esters is 2. The Kier molecular flexibility index (Phi) is 6.75. The summed E-state index contributed by atoms with van der Waals surface area (Å²) < 4.78 is 9.81. The molecule has 0 amide bonds. The minimum Gasteiger partial charge on any atom is -0.481 e. The minimum absolute atomic E-state index is 0.109. The van der Waals surface area contributed by atoms with Gasteiger partial charge in [0.1, 0.15) is 12.8 Å². The fraction of sp³-hybridized carbons (Fsp3) is 0.333. The number of carboxylic acid groups (broad SMARTS) is 1. The Labute approximate surface area is 126 Å². The molecule has 0 saturated carbocycles. The van der Waals surface area contributed by atoms with Crippen LogP contribution in [0.25, 0.3) is 0 Å². The van der Waals surface area contributed by atoms with Crippen LogP contribution >= 0.6 is 0 Å². The van der Waals surface area contributed by atoms with E-state index in [-0.39, 0.29) is 6.61 Å². The van der Waals surface area contributed by atoms with Crippen LogP contribution in [0.3, 0.4) is 0 Å². The van der Waals surface area contributed by atoms with Gasteiger partial charge in [-0.2, -0.15) is 0 Å². The van der Waals surface area contributed by atoms with Gasteiger partial charge in [-0.3, -0.25) is 14.4 Å². The van der Waals surface area contributed by atoms with E-state index in [9.17, 15) is 19.2 Å². The number of carboxylic acids is 1. The highest BCUT2D eigenvalue weighted by atomic mass is 16.6. The van der Waals surface area contributed by atoms with E-state index in [4.69, 9.17) is 14.6 Å². The Morgan fingerprint density at radius 3 is 2.27 bits per heavy atom. The molecule has 1 aromatic rings. The average Bonchev–Trinajstić information content (AvgIpc) is 2.44. The number of Topliss-reactive ketones (excluding diaryl/α,β-unsaturated/α-hetero) is 1. The molecule has 118 valence electrons. The number of carbonyl (C=O) groups excluding carboxylic acids is 3. The van der Waals surface area contributed by atoms with Crippen LogP contribution in [0.1, 0.15) is 31.4 Å². The maximum absolute atomic E-state index is 11.9. The molecule has 0 aliphatic heterocycles. The molecule has 0 fully saturated rings. The Morgan fingerprint density at radius 1 is 1.09 bits per heavy atom. The van der Waals surface area contributed by atoms with Crippen molar-refractivity contribution in [2.45, 2.75) is 25.9 Å². The molecule has 1 N–H and O–H groups in total. The summed E-state index contributed by atoms with van der Waals surface area (Å²) in [6.45, 7) is 1.72. The van der Waals surface area contributed by atoms with E-state index in [1.807, 2.05) is 0 Å². The summed E-state index contributed by atoms with van der Waals surface area (Å²) in [6.07, 6.45) is -2.77. The standard InChI is InChI=1S/C15H16O7/c1-2-21-15(20)14(10-6-4-3-5-7-10)22-13(19)9-11(16)8-12(17)18/h3-7,14H,2,8-9H2,1H3,(H,17,18). The Bertz CT molecular complexity index is 550. The zero-order chi connectivity index (χ0) is 16.5. The van der Waals surface area contributed by atoms with E-state index >= 15 is 0 Å². The zero-order valence-electron chi connectivity index (χ0n) is 12.0. The average molecular weight is 308 g/mol. The summed E-state index contributed by atoms with van der Waals surface area (Å²) in [4.78, 5) is 45.2. The molecule has 1 rings (SSSR count). The molecule has 0 saturated heterocycles. The molecular formula is C15H16O7. The molecule has 0 heterocycles. The van der Waals surface area contributed by atoms with Crippen LogP contribution in [-0.4, -0.2) is 35.4 Å². The lowest BCUT2D eigenvalue weighted by molar-refractivity contribution is -0.169. The molecule has 0 spiro atoms. The third-order valence-electron chi connectivity index (χ3n) is 2.54. The third-order valence-corrected chi connectivity index (χ3v) is 2.54. The van der Waals surface area contributed by atoms with Gasteiger partial charge in [-0.25, -0.2) is 4.79 Å². The molecule has 1 aromatic carbocycles. The van der Waals surface area contributed by atoms with E-state index in [0.29, 0.717) is 5.56 Å². The fourth-order valence-corrected chi connectivity index (χ4v) is 1.66. The maximum Gasteiger partial charge on any atom is 0.352 e. The van der Waals surface area contributed by atoms with Crippen LogP contribution in [0.4, 0.5) is 0 Å². The largest absolute Gasteiger partial charge is 0.481 e. The van der Waals surface area contributed by atoms with Crippen molar-refractivity contribution in [2.24, 2.45) is 0 Å². The van der Waals surface area contributed by atoms with E-state index < -0.39 is 42.6 Å². The molecule has 7 nitrogen and oxygen atoms in total. The van der Waals surface area contributed by atoms with Gasteiger partial charge in [-0.1, -0.05) is 30.3 Å². The number of aliphatic carboxylic acids is 1. The fourth-order valence-electron chi connectivity index (χ4n) is 1.66. The van der Waals surface area contributed by atoms with E-state index in [1.54, 1.807) is 37.3 Å². The first-order chi connectivity index (χ1) is 10.4. The second-order valence-corrected chi connectivity index (χ2v) is 4.32. The molecule has 0 aliphatic rings. The number of hydrogen-bond acceptors (Lipinski definition) is 6. The Morgan fingerprint density at radius 2 is 1.73 bits per heavy atom. The van der Waals surface area contributed by atoms with Crippen LogP contribution in [0.15, 0.2) is 30.3 Å². The first-order valence-electron chi connectivity index (χ1n) is 6.58. The van der Waals surface area contributed by atoms with Crippen LogP contribution in [0.2, 0.25) is 0 Å². The summed E-state index contributed by atoms with van der Waals surface area (Å²) in [6, 6.07) is 8.20. The topological polar surface area (TPSA) is 107 Å². The van der Waals surface area contributed by atoms with Gasteiger partial charge in [0.2, 0.25) is 6.10 Å². The summed E-state index contributed by atoms with van der Waals surface area (Å²) >= 11 is 0. The SMILES string of the molecule is CCOC(=O)C(OC(=O)CC(=O)CC(=O)O)c1ccccc1. The van der Waals surface area contributed by atoms with Crippen molar-refractivity contribution in [3.05, 3.63) is 35.9 Å². The van der Waals surface area contributed by atoms with Gasteiger partial charge in [0.15, 0.2) is 5.78 Å². The number of benzene rings is 1. The first-order valence-corrected chi connectivity index (χ1v) is 6.58. The van der Waals surface area contributed by atoms with Gasteiger partial charge >= 0.3 is 17.9 Å². The number of hydrogen-bond donors (Lipinski definition) is 1. The zero-order valence-corrected chi connectivity index (χ0v) is 12.0. The van der Waals surface area contributed by atoms with Gasteiger partial charge in [0.25, 0.3) is 0 Å². The monoisotopic (exact) mass is 308 g/mol. The molecular weight excluding hydrogens is 292 g/mol. The normalized spacial score (nSPS) is 11.3. The lowest BCUT2D eigenvalue weighted by atomic mass is 10.1. The molecule has 7 heteroatoms. The summed E-state index contributed by atoms with van der Waals surface area (Å²) in [7, 11) is 0. The highest BCUT2D eigenvalue weighted by Crippen LogP contribution is 2.20. The summed E-state index contributed by atoms with van der Waals surface area (Å²) in [5.74, 6) is -3.86. The van der Waals surface area contributed by atoms with Crippen molar-refractivity contribution in [3.63, 3.8) is 0 Å². The molecule has 0 aliphatic carbocycles. The Balaban J connectivity index is 2.77. The predicted molar refractivity (Wildman–Crippen MR) is 73.8 cm³/mol. The molecule has 0 bridgehead atoms. The van der Waals surface area contributed by atoms with Crippen molar-refractivity contribution >= 4 is 23.7 Å². The van der Waals surface area contributed by atoms with Crippen LogP contribution in [0.5, 0.6) is 0 Å². The lowest BCUT2D eigenvalue weighted by Gasteiger charge is -2.16. The number of ether oxygens (including phenoxy) is 2.